The number of fused-ring (bicyclic) bond motifs is 1. The Labute approximate surface area is 182 Å². The highest BCUT2D eigenvalue weighted by Gasteiger charge is 2.16. The van der Waals surface area contributed by atoms with Crippen molar-refractivity contribution in [2.75, 3.05) is 44.0 Å². The van der Waals surface area contributed by atoms with Gasteiger partial charge in [0.25, 0.3) is 11.8 Å². The van der Waals surface area contributed by atoms with Gasteiger partial charge in [0.05, 0.1) is 11.3 Å². The number of benzene rings is 1. The lowest BCUT2D eigenvalue weighted by Gasteiger charge is -2.21. The fourth-order valence-electron chi connectivity index (χ4n) is 3.33. The molecule has 0 radical (unpaired) electrons. The first-order valence-electron chi connectivity index (χ1n) is 10.3. The predicted molar refractivity (Wildman–Crippen MR) is 122 cm³/mol. The summed E-state index contributed by atoms with van der Waals surface area (Å²) in [6.07, 6.45) is 1.81. The molecule has 0 fully saturated rings. The quantitative estimate of drug-likeness (QED) is 0.602. The maximum Gasteiger partial charge on any atom is 0.259 e. The van der Waals surface area contributed by atoms with Gasteiger partial charge in [-0.3, -0.25) is 14.0 Å². The van der Waals surface area contributed by atoms with Crippen molar-refractivity contribution in [1.82, 2.24) is 14.3 Å². The van der Waals surface area contributed by atoms with Crippen molar-refractivity contribution < 1.29 is 14.3 Å². The van der Waals surface area contributed by atoms with Crippen LogP contribution in [0.4, 0.5) is 11.5 Å². The van der Waals surface area contributed by atoms with Crippen LogP contribution in [0.25, 0.3) is 5.65 Å². The van der Waals surface area contributed by atoms with Gasteiger partial charge in [-0.2, -0.15) is 0 Å². The number of carbonyl (C=O) groups excluding carboxylic acids is 2. The molecule has 164 valence electrons. The number of aryl methyl sites for hydroxylation is 1. The topological polar surface area (TPSA) is 79.2 Å². The summed E-state index contributed by atoms with van der Waals surface area (Å²) >= 11 is 0. The molecule has 0 saturated carbocycles. The van der Waals surface area contributed by atoms with Crippen molar-refractivity contribution in [2.24, 2.45) is 0 Å². The van der Waals surface area contributed by atoms with Crippen molar-refractivity contribution in [3.8, 4) is 5.75 Å². The molecule has 3 aromatic rings. The van der Waals surface area contributed by atoms with Crippen molar-refractivity contribution >= 4 is 29.0 Å². The van der Waals surface area contributed by atoms with Crippen LogP contribution in [-0.2, 0) is 4.79 Å². The molecule has 31 heavy (non-hydrogen) atoms. The molecule has 0 saturated heterocycles. The molecule has 8 heteroatoms. The van der Waals surface area contributed by atoms with Gasteiger partial charge in [-0.1, -0.05) is 6.07 Å². The number of anilines is 2. The number of hydrogen-bond acceptors (Lipinski definition) is 5. The van der Waals surface area contributed by atoms with E-state index in [0.29, 0.717) is 17.0 Å². The number of imidazole rings is 1. The third-order valence-electron chi connectivity index (χ3n) is 5.04. The van der Waals surface area contributed by atoms with E-state index in [1.165, 1.54) is 4.90 Å². The number of nitrogens with zero attached hydrogens (tertiary/aromatic N) is 4. The van der Waals surface area contributed by atoms with Crippen LogP contribution in [0.1, 0.15) is 29.9 Å². The Morgan fingerprint density at radius 1 is 1.13 bits per heavy atom. The van der Waals surface area contributed by atoms with Gasteiger partial charge in [0.15, 0.2) is 6.61 Å². The molecule has 0 aliphatic carbocycles. The van der Waals surface area contributed by atoms with E-state index in [1.807, 2.05) is 23.6 Å². The number of carbonyl (C=O) groups is 2. The molecule has 0 aliphatic heterocycles. The van der Waals surface area contributed by atoms with Crippen LogP contribution in [0.5, 0.6) is 5.75 Å². The number of rotatable bonds is 8. The zero-order valence-corrected chi connectivity index (χ0v) is 18.7. The molecule has 3 rings (SSSR count). The number of pyridine rings is 1. The summed E-state index contributed by atoms with van der Waals surface area (Å²) in [6.45, 7) is 7.82. The minimum absolute atomic E-state index is 0.0603. The SMILES string of the molecule is CCN(CC)c1c(C)nc2ccc(C(=O)Nc3cccc(OCC(=O)N(C)C)c3)cn12. The number of aromatic nitrogens is 2. The maximum atomic E-state index is 12.9. The summed E-state index contributed by atoms with van der Waals surface area (Å²) in [7, 11) is 3.35. The fourth-order valence-corrected chi connectivity index (χ4v) is 3.33. The van der Waals surface area contributed by atoms with E-state index in [9.17, 15) is 9.59 Å². The van der Waals surface area contributed by atoms with Crippen LogP contribution in [0.3, 0.4) is 0 Å². The summed E-state index contributed by atoms with van der Waals surface area (Å²) in [4.78, 5) is 32.9. The van der Waals surface area contributed by atoms with Gasteiger partial charge < -0.3 is 19.9 Å². The Balaban J connectivity index is 1.80. The Hall–Kier alpha value is -3.55. The molecule has 2 heterocycles. The molecule has 0 unspecified atom stereocenters. The van der Waals surface area contributed by atoms with Crippen molar-refractivity contribution in [3.05, 3.63) is 53.9 Å². The average Bonchev–Trinajstić information content (AvgIpc) is 3.08. The van der Waals surface area contributed by atoms with Crippen molar-refractivity contribution in [3.63, 3.8) is 0 Å². The van der Waals surface area contributed by atoms with E-state index in [1.54, 1.807) is 44.4 Å². The fraction of sp³-hybridized carbons (Fsp3) is 0.348. The first-order valence-corrected chi connectivity index (χ1v) is 10.3. The number of likely N-dealkylation sites (N-methyl/N-ethyl adjacent to an activating group) is 1. The third kappa shape index (κ3) is 4.96. The smallest absolute Gasteiger partial charge is 0.259 e. The van der Waals surface area contributed by atoms with Gasteiger partial charge in [-0.15, -0.1) is 0 Å². The van der Waals surface area contributed by atoms with E-state index in [-0.39, 0.29) is 18.4 Å². The standard InChI is InChI=1S/C23H29N5O3/c1-6-27(7-2)23-16(3)24-20-12-11-17(14-28(20)23)22(30)25-18-9-8-10-19(13-18)31-15-21(29)26(4)5/h8-14H,6-7,15H2,1-5H3,(H,25,30). The van der Waals surface area contributed by atoms with E-state index >= 15 is 0 Å². The largest absolute Gasteiger partial charge is 0.484 e. The van der Waals surface area contributed by atoms with E-state index in [2.05, 4.69) is 29.0 Å². The first kappa shape index (κ1) is 22.1. The lowest BCUT2D eigenvalue weighted by molar-refractivity contribution is -0.130. The number of hydrogen-bond donors (Lipinski definition) is 1. The minimum atomic E-state index is -0.236. The predicted octanol–water partition coefficient (Wildman–Crippen LogP) is 3.21. The van der Waals surface area contributed by atoms with Crippen molar-refractivity contribution in [1.29, 1.82) is 0 Å². The van der Waals surface area contributed by atoms with Crippen LogP contribution in [-0.4, -0.2) is 59.9 Å². The highest BCUT2D eigenvalue weighted by atomic mass is 16.5. The van der Waals surface area contributed by atoms with E-state index < -0.39 is 0 Å². The Morgan fingerprint density at radius 2 is 1.87 bits per heavy atom. The van der Waals surface area contributed by atoms with E-state index in [4.69, 9.17) is 4.74 Å². The first-order chi connectivity index (χ1) is 14.8. The highest BCUT2D eigenvalue weighted by Crippen LogP contribution is 2.23. The molecule has 2 aromatic heterocycles. The molecule has 8 nitrogen and oxygen atoms in total. The van der Waals surface area contributed by atoms with E-state index in [0.717, 1.165) is 30.2 Å². The van der Waals surface area contributed by atoms with Gasteiger partial charge in [0, 0.05) is 45.1 Å². The second kappa shape index (κ2) is 9.51. The van der Waals surface area contributed by atoms with Crippen LogP contribution in [0.15, 0.2) is 42.6 Å². The van der Waals surface area contributed by atoms with Crippen LogP contribution in [0, 0.1) is 6.92 Å². The minimum Gasteiger partial charge on any atom is -0.484 e. The molecule has 1 aromatic carbocycles. The summed E-state index contributed by atoms with van der Waals surface area (Å²) in [5, 5.41) is 2.90. The molecular weight excluding hydrogens is 394 g/mol. The zero-order valence-electron chi connectivity index (χ0n) is 18.7. The van der Waals surface area contributed by atoms with Crippen LogP contribution < -0.4 is 15.0 Å². The van der Waals surface area contributed by atoms with Gasteiger partial charge in [-0.05, 0) is 45.0 Å². The zero-order chi connectivity index (χ0) is 22.5. The highest BCUT2D eigenvalue weighted by molar-refractivity contribution is 6.04. The summed E-state index contributed by atoms with van der Waals surface area (Å²) in [5.74, 6) is 1.13. The number of ether oxygens (including phenoxy) is 1. The Morgan fingerprint density at radius 3 is 2.55 bits per heavy atom. The molecule has 0 spiro atoms. The number of nitrogens with one attached hydrogen (secondary N) is 1. The molecule has 1 N–H and O–H groups in total. The Kier molecular flexibility index (Phi) is 6.79. The van der Waals surface area contributed by atoms with Crippen molar-refractivity contribution in [2.45, 2.75) is 20.8 Å². The van der Waals surface area contributed by atoms with Gasteiger partial charge >= 0.3 is 0 Å². The molecule has 2 amide bonds. The van der Waals surface area contributed by atoms with Crippen LogP contribution >= 0.6 is 0 Å². The number of amides is 2. The normalized spacial score (nSPS) is 10.7. The molecule has 0 bridgehead atoms. The summed E-state index contributed by atoms with van der Waals surface area (Å²) in [5.41, 5.74) is 2.84. The Bertz CT molecular complexity index is 1090. The van der Waals surface area contributed by atoms with Gasteiger partial charge in [-0.25, -0.2) is 4.98 Å². The lowest BCUT2D eigenvalue weighted by atomic mass is 10.2. The second-order valence-corrected chi connectivity index (χ2v) is 7.40. The lowest BCUT2D eigenvalue weighted by Crippen LogP contribution is -2.27. The van der Waals surface area contributed by atoms with Gasteiger partial charge in [0.2, 0.25) is 0 Å². The van der Waals surface area contributed by atoms with Gasteiger partial charge in [0.1, 0.15) is 17.2 Å². The molecular formula is C23H29N5O3. The second-order valence-electron chi connectivity index (χ2n) is 7.40. The average molecular weight is 424 g/mol. The maximum absolute atomic E-state index is 12.9. The third-order valence-corrected chi connectivity index (χ3v) is 5.04. The summed E-state index contributed by atoms with van der Waals surface area (Å²) < 4.78 is 7.49. The monoisotopic (exact) mass is 423 g/mol. The molecule has 0 atom stereocenters. The van der Waals surface area contributed by atoms with Crippen LogP contribution in [0.2, 0.25) is 0 Å². The molecule has 0 aliphatic rings. The summed E-state index contributed by atoms with van der Waals surface area (Å²) in [6, 6.07) is 10.6.